The van der Waals surface area contributed by atoms with Crippen LogP contribution in [0.25, 0.3) is 0 Å². The average Bonchev–Trinajstić information content (AvgIpc) is 2.22. The fourth-order valence-corrected chi connectivity index (χ4v) is 1.10. The van der Waals surface area contributed by atoms with E-state index in [1.807, 2.05) is 0 Å². The molecule has 0 aliphatic carbocycles. The highest BCUT2D eigenvalue weighted by Crippen LogP contribution is 1.92. The van der Waals surface area contributed by atoms with Crippen molar-refractivity contribution in [3.63, 3.8) is 0 Å². The molecule has 0 unspecified atom stereocenters. The number of nitrogens with zero attached hydrogens (tertiary/aromatic N) is 1. The van der Waals surface area contributed by atoms with Gasteiger partial charge in [0.2, 0.25) is 5.95 Å². The van der Waals surface area contributed by atoms with E-state index in [0.29, 0.717) is 23.3 Å². The summed E-state index contributed by atoms with van der Waals surface area (Å²) in [7, 11) is 0. The summed E-state index contributed by atoms with van der Waals surface area (Å²) in [5, 5.41) is 3.24. The van der Waals surface area contributed by atoms with Gasteiger partial charge in [-0.3, -0.25) is 20.6 Å². The Morgan fingerprint density at radius 2 is 2.50 bits per heavy atom. The fraction of sp³-hybridized carbons (Fsp3) is 0.222. The van der Waals surface area contributed by atoms with Crippen molar-refractivity contribution in [2.75, 3.05) is 12.0 Å². The Kier molecular flexibility index (Phi) is 4.46. The van der Waals surface area contributed by atoms with Gasteiger partial charge in [0, 0.05) is 18.3 Å². The van der Waals surface area contributed by atoms with E-state index in [0.717, 1.165) is 0 Å². The molecule has 0 radical (unpaired) electrons. The second kappa shape index (κ2) is 5.86. The van der Waals surface area contributed by atoms with Crippen LogP contribution in [0.2, 0.25) is 0 Å². The van der Waals surface area contributed by atoms with Crippen molar-refractivity contribution in [2.24, 2.45) is 0 Å². The minimum atomic E-state index is -0.221. The van der Waals surface area contributed by atoms with E-state index in [4.69, 9.17) is 12.2 Å². The molecule has 0 aliphatic rings. The molecule has 16 heavy (non-hydrogen) atoms. The summed E-state index contributed by atoms with van der Waals surface area (Å²) >= 11 is 4.93. The van der Waals surface area contributed by atoms with Crippen LogP contribution in [-0.2, 0) is 0 Å². The zero-order chi connectivity index (χ0) is 12.0. The molecule has 1 aromatic heterocycles. The van der Waals surface area contributed by atoms with Crippen LogP contribution in [-0.4, -0.2) is 21.6 Å². The SMILES string of the molecule is C=CCNC(=S)NNc1nc(C)cc(=O)[nH]1. The third-order valence-corrected chi connectivity index (χ3v) is 1.82. The molecule has 0 bridgehead atoms. The summed E-state index contributed by atoms with van der Waals surface area (Å²) in [5.41, 5.74) is 5.76. The second-order valence-electron chi connectivity index (χ2n) is 2.98. The van der Waals surface area contributed by atoms with Crippen LogP contribution in [0.4, 0.5) is 5.95 Å². The standard InChI is InChI=1S/C9H13N5OS/c1-3-4-10-9(16)14-13-8-11-6(2)5-7(15)12-8/h3,5H,1,4H2,2H3,(H2,10,14,16)(H2,11,12,13,15). The van der Waals surface area contributed by atoms with Crippen molar-refractivity contribution >= 4 is 23.3 Å². The summed E-state index contributed by atoms with van der Waals surface area (Å²) in [5.74, 6) is 0.313. The predicted octanol–water partition coefficient (Wildman–Crippen LogP) is 0.0553. The van der Waals surface area contributed by atoms with Crippen LogP contribution in [0.15, 0.2) is 23.5 Å². The second-order valence-corrected chi connectivity index (χ2v) is 3.39. The molecule has 1 heterocycles. The molecule has 0 saturated carbocycles. The lowest BCUT2D eigenvalue weighted by Crippen LogP contribution is -2.39. The first kappa shape index (κ1) is 12.2. The molecule has 4 N–H and O–H groups in total. The summed E-state index contributed by atoms with van der Waals surface area (Å²) in [6.07, 6.45) is 1.68. The van der Waals surface area contributed by atoms with E-state index < -0.39 is 0 Å². The summed E-state index contributed by atoms with van der Waals surface area (Å²) in [6.45, 7) is 5.84. The molecule has 0 saturated heterocycles. The Labute approximate surface area is 98.1 Å². The van der Waals surface area contributed by atoms with Gasteiger partial charge >= 0.3 is 0 Å². The molecule has 0 spiro atoms. The number of hydrazine groups is 1. The smallest absolute Gasteiger partial charge is 0.252 e. The molecular weight excluding hydrogens is 226 g/mol. The van der Waals surface area contributed by atoms with Crippen molar-refractivity contribution in [2.45, 2.75) is 6.92 Å². The summed E-state index contributed by atoms with van der Waals surface area (Å²) < 4.78 is 0. The van der Waals surface area contributed by atoms with E-state index in [1.165, 1.54) is 6.07 Å². The summed E-state index contributed by atoms with van der Waals surface area (Å²) in [6, 6.07) is 1.40. The highest BCUT2D eigenvalue weighted by atomic mass is 32.1. The lowest BCUT2D eigenvalue weighted by Gasteiger charge is -2.10. The van der Waals surface area contributed by atoms with Crippen LogP contribution in [0.1, 0.15) is 5.69 Å². The number of hydrogen-bond acceptors (Lipinski definition) is 4. The van der Waals surface area contributed by atoms with Crippen LogP contribution >= 0.6 is 12.2 Å². The average molecular weight is 239 g/mol. The molecule has 0 aliphatic heterocycles. The topological polar surface area (TPSA) is 81.8 Å². The van der Waals surface area contributed by atoms with Gasteiger partial charge in [0.1, 0.15) is 0 Å². The number of aryl methyl sites for hydroxylation is 1. The van der Waals surface area contributed by atoms with Crippen LogP contribution in [0.3, 0.4) is 0 Å². The van der Waals surface area contributed by atoms with Crippen molar-refractivity contribution in [1.82, 2.24) is 20.7 Å². The molecule has 0 fully saturated rings. The number of anilines is 1. The Bertz CT molecular complexity index is 442. The number of thiocarbonyl (C=S) groups is 1. The number of hydrogen-bond donors (Lipinski definition) is 4. The first-order chi connectivity index (χ1) is 7.61. The van der Waals surface area contributed by atoms with Gasteiger partial charge in [-0.05, 0) is 19.1 Å². The molecule has 1 aromatic rings. The quantitative estimate of drug-likeness (QED) is 0.338. The van der Waals surface area contributed by atoms with Crippen LogP contribution in [0, 0.1) is 6.92 Å². The Balaban J connectivity index is 2.51. The van der Waals surface area contributed by atoms with Gasteiger partial charge in [-0.1, -0.05) is 6.08 Å². The minimum absolute atomic E-state index is 0.221. The lowest BCUT2D eigenvalue weighted by molar-refractivity contribution is 0.943. The van der Waals surface area contributed by atoms with E-state index in [9.17, 15) is 4.79 Å². The van der Waals surface area contributed by atoms with Gasteiger partial charge in [-0.15, -0.1) is 6.58 Å². The maximum absolute atomic E-state index is 11.1. The van der Waals surface area contributed by atoms with E-state index in [1.54, 1.807) is 13.0 Å². The van der Waals surface area contributed by atoms with E-state index >= 15 is 0 Å². The molecule has 1 rings (SSSR count). The molecule has 86 valence electrons. The highest BCUT2D eigenvalue weighted by molar-refractivity contribution is 7.80. The lowest BCUT2D eigenvalue weighted by atomic mass is 10.5. The largest absolute Gasteiger partial charge is 0.358 e. The fourth-order valence-electron chi connectivity index (χ4n) is 0.963. The zero-order valence-electron chi connectivity index (χ0n) is 8.83. The number of rotatable bonds is 4. The van der Waals surface area contributed by atoms with E-state index in [2.05, 4.69) is 32.7 Å². The Morgan fingerprint density at radius 3 is 3.12 bits per heavy atom. The number of aromatic nitrogens is 2. The molecule has 7 heteroatoms. The molecule has 0 atom stereocenters. The maximum Gasteiger partial charge on any atom is 0.252 e. The third-order valence-electron chi connectivity index (χ3n) is 1.57. The van der Waals surface area contributed by atoms with Crippen LogP contribution < -0.4 is 21.7 Å². The van der Waals surface area contributed by atoms with Gasteiger partial charge < -0.3 is 5.32 Å². The number of H-pyrrole nitrogens is 1. The van der Waals surface area contributed by atoms with Crippen molar-refractivity contribution < 1.29 is 0 Å². The van der Waals surface area contributed by atoms with Gasteiger partial charge in [0.15, 0.2) is 5.11 Å². The first-order valence-electron chi connectivity index (χ1n) is 4.60. The maximum atomic E-state index is 11.1. The predicted molar refractivity (Wildman–Crippen MR) is 67.2 cm³/mol. The van der Waals surface area contributed by atoms with Crippen molar-refractivity contribution in [1.29, 1.82) is 0 Å². The Morgan fingerprint density at radius 1 is 1.75 bits per heavy atom. The molecule has 6 nitrogen and oxygen atoms in total. The van der Waals surface area contributed by atoms with Crippen LogP contribution in [0.5, 0.6) is 0 Å². The number of aromatic amines is 1. The number of nitrogens with one attached hydrogen (secondary N) is 4. The molecule has 0 aromatic carbocycles. The normalized spacial score (nSPS) is 9.31. The van der Waals surface area contributed by atoms with Gasteiger partial charge in [-0.25, -0.2) is 4.98 Å². The molecule has 0 amide bonds. The third kappa shape index (κ3) is 4.09. The van der Waals surface area contributed by atoms with Gasteiger partial charge in [0.05, 0.1) is 0 Å². The van der Waals surface area contributed by atoms with Crippen molar-refractivity contribution in [3.8, 4) is 0 Å². The van der Waals surface area contributed by atoms with E-state index in [-0.39, 0.29) is 5.56 Å². The van der Waals surface area contributed by atoms with Gasteiger partial charge in [0.25, 0.3) is 5.56 Å². The monoisotopic (exact) mass is 239 g/mol. The zero-order valence-corrected chi connectivity index (χ0v) is 9.65. The van der Waals surface area contributed by atoms with Gasteiger partial charge in [-0.2, -0.15) is 0 Å². The summed E-state index contributed by atoms with van der Waals surface area (Å²) in [4.78, 5) is 17.7. The van der Waals surface area contributed by atoms with Crippen molar-refractivity contribution in [3.05, 3.63) is 34.8 Å². The molecular formula is C9H13N5OS. The highest BCUT2D eigenvalue weighted by Gasteiger charge is 1.97. The Hall–Kier alpha value is -1.89. The first-order valence-corrected chi connectivity index (χ1v) is 5.01. The minimum Gasteiger partial charge on any atom is -0.358 e.